The summed E-state index contributed by atoms with van der Waals surface area (Å²) in [6.45, 7) is 1.18. The highest BCUT2D eigenvalue weighted by Crippen LogP contribution is 2.29. The van der Waals surface area contributed by atoms with E-state index in [4.69, 9.17) is 0 Å². The number of hydrogen-bond donors (Lipinski definition) is 0. The first kappa shape index (κ1) is 21.5. The Balaban J connectivity index is 1.48. The Kier molecular flexibility index (Phi) is 6.06. The molecule has 0 bridgehead atoms. The maximum Gasteiger partial charge on any atom is 0.345 e. The second-order valence-corrected chi connectivity index (χ2v) is 9.72. The number of halogens is 1. The van der Waals surface area contributed by atoms with E-state index in [1.54, 1.807) is 11.6 Å². The summed E-state index contributed by atoms with van der Waals surface area (Å²) in [5, 5.41) is 4.46. The number of aromatic nitrogens is 3. The zero-order valence-electron chi connectivity index (χ0n) is 17.3. The predicted octanol–water partition coefficient (Wildman–Crippen LogP) is 2.53. The summed E-state index contributed by atoms with van der Waals surface area (Å²) < 4.78 is 43.3. The molecule has 3 aromatic rings. The molecule has 0 saturated carbocycles. The van der Waals surface area contributed by atoms with Crippen molar-refractivity contribution in [2.24, 2.45) is 7.05 Å². The van der Waals surface area contributed by atoms with Crippen molar-refractivity contribution in [1.82, 2.24) is 18.7 Å². The number of benzene rings is 2. The average molecular weight is 445 g/mol. The molecule has 31 heavy (non-hydrogen) atoms. The first-order chi connectivity index (χ1) is 14.9. The molecule has 1 aliphatic heterocycles. The molecular formula is C22H25FN4O3S. The van der Waals surface area contributed by atoms with Crippen LogP contribution >= 0.6 is 0 Å². The summed E-state index contributed by atoms with van der Waals surface area (Å²) in [5.41, 5.74) is 0.983. The summed E-state index contributed by atoms with van der Waals surface area (Å²) in [4.78, 5) is 12.7. The molecule has 1 aliphatic rings. The van der Waals surface area contributed by atoms with Gasteiger partial charge in [-0.25, -0.2) is 22.3 Å². The van der Waals surface area contributed by atoms with Crippen LogP contribution in [0.3, 0.4) is 0 Å². The van der Waals surface area contributed by atoms with Crippen LogP contribution in [0.2, 0.25) is 0 Å². The topological polar surface area (TPSA) is 77.2 Å². The van der Waals surface area contributed by atoms with Gasteiger partial charge in [0, 0.05) is 32.6 Å². The van der Waals surface area contributed by atoms with E-state index in [2.05, 4.69) is 5.10 Å². The first-order valence-electron chi connectivity index (χ1n) is 10.3. The number of aryl methyl sites for hydroxylation is 2. The SMILES string of the molecule is Cn1nc(C2CCN(S(=O)(=O)c3ccc(F)cc3)CC2)n(CCc2ccccc2)c1=O. The molecule has 1 saturated heterocycles. The first-order valence-corrected chi connectivity index (χ1v) is 11.7. The number of nitrogens with zero attached hydrogens (tertiary/aromatic N) is 4. The quantitative estimate of drug-likeness (QED) is 0.586. The van der Waals surface area contributed by atoms with Crippen LogP contribution in [0, 0.1) is 5.82 Å². The van der Waals surface area contributed by atoms with Gasteiger partial charge >= 0.3 is 5.69 Å². The lowest BCUT2D eigenvalue weighted by Gasteiger charge is -2.30. The summed E-state index contributed by atoms with van der Waals surface area (Å²) in [6, 6.07) is 14.8. The highest BCUT2D eigenvalue weighted by atomic mass is 32.2. The Bertz CT molecular complexity index is 1200. The molecule has 0 radical (unpaired) electrons. The lowest BCUT2D eigenvalue weighted by Crippen LogP contribution is -2.38. The Hall–Kier alpha value is -2.78. The minimum absolute atomic E-state index is 0.00402. The van der Waals surface area contributed by atoms with E-state index in [0.29, 0.717) is 38.3 Å². The Morgan fingerprint density at radius 3 is 2.32 bits per heavy atom. The molecule has 0 N–H and O–H groups in total. The lowest BCUT2D eigenvalue weighted by atomic mass is 9.97. The van der Waals surface area contributed by atoms with Gasteiger partial charge in [-0.1, -0.05) is 30.3 Å². The minimum atomic E-state index is -3.67. The smallest absolute Gasteiger partial charge is 0.278 e. The third-order valence-corrected chi connectivity index (χ3v) is 7.69. The molecule has 164 valence electrons. The minimum Gasteiger partial charge on any atom is -0.278 e. The van der Waals surface area contributed by atoms with E-state index in [1.807, 2.05) is 30.3 Å². The van der Waals surface area contributed by atoms with Gasteiger partial charge in [-0.15, -0.1) is 0 Å². The van der Waals surface area contributed by atoms with Gasteiger partial charge in [0.1, 0.15) is 11.6 Å². The van der Waals surface area contributed by atoms with E-state index in [-0.39, 0.29) is 16.5 Å². The zero-order chi connectivity index (χ0) is 22.0. The summed E-state index contributed by atoms with van der Waals surface area (Å²) in [7, 11) is -2.03. The van der Waals surface area contributed by atoms with E-state index < -0.39 is 15.8 Å². The second-order valence-electron chi connectivity index (χ2n) is 7.78. The standard InChI is InChI=1S/C22H25FN4O3S/c1-25-22(28)27(16-11-17-5-3-2-4-6-17)21(24-25)18-12-14-26(15-13-18)31(29,30)20-9-7-19(23)8-10-20/h2-10,18H,11-16H2,1H3. The van der Waals surface area contributed by atoms with E-state index in [1.165, 1.54) is 21.1 Å². The number of piperidine rings is 1. The number of hydrogen-bond acceptors (Lipinski definition) is 4. The van der Waals surface area contributed by atoms with Crippen molar-refractivity contribution in [1.29, 1.82) is 0 Å². The summed E-state index contributed by atoms with van der Waals surface area (Å²) >= 11 is 0. The van der Waals surface area contributed by atoms with Gasteiger partial charge in [-0.2, -0.15) is 9.40 Å². The number of rotatable bonds is 6. The van der Waals surface area contributed by atoms with Gasteiger partial charge in [0.25, 0.3) is 0 Å². The molecular weight excluding hydrogens is 419 g/mol. The van der Waals surface area contributed by atoms with Crippen molar-refractivity contribution in [2.45, 2.75) is 36.6 Å². The van der Waals surface area contributed by atoms with Crippen molar-refractivity contribution >= 4 is 10.0 Å². The Labute approximate surface area is 180 Å². The normalized spacial score (nSPS) is 15.9. The lowest BCUT2D eigenvalue weighted by molar-refractivity contribution is 0.308. The highest BCUT2D eigenvalue weighted by Gasteiger charge is 2.32. The molecule has 1 fully saturated rings. The maximum atomic E-state index is 13.2. The fourth-order valence-corrected chi connectivity index (χ4v) is 5.50. The molecule has 7 nitrogen and oxygen atoms in total. The monoisotopic (exact) mass is 444 g/mol. The number of sulfonamides is 1. The summed E-state index contributed by atoms with van der Waals surface area (Å²) in [5.74, 6) is 0.243. The van der Waals surface area contributed by atoms with Crippen molar-refractivity contribution < 1.29 is 12.8 Å². The van der Waals surface area contributed by atoms with Crippen LogP contribution in [0.4, 0.5) is 4.39 Å². The van der Waals surface area contributed by atoms with Gasteiger partial charge in [0.2, 0.25) is 10.0 Å². The predicted molar refractivity (Wildman–Crippen MR) is 115 cm³/mol. The summed E-state index contributed by atoms with van der Waals surface area (Å²) in [6.07, 6.45) is 1.86. The van der Waals surface area contributed by atoms with E-state index >= 15 is 0 Å². The molecule has 1 aromatic heterocycles. The van der Waals surface area contributed by atoms with Crippen molar-refractivity contribution in [3.63, 3.8) is 0 Å². The van der Waals surface area contributed by atoms with Gasteiger partial charge in [-0.3, -0.25) is 4.57 Å². The molecule has 4 rings (SSSR count). The fourth-order valence-electron chi connectivity index (χ4n) is 4.03. The van der Waals surface area contributed by atoms with Crippen LogP contribution in [0.25, 0.3) is 0 Å². The van der Waals surface area contributed by atoms with Gasteiger partial charge in [0.15, 0.2) is 0 Å². The van der Waals surface area contributed by atoms with Crippen LogP contribution in [0.15, 0.2) is 64.3 Å². The molecule has 9 heteroatoms. The molecule has 0 atom stereocenters. The van der Waals surface area contributed by atoms with Gasteiger partial charge in [0.05, 0.1) is 4.90 Å². The van der Waals surface area contributed by atoms with Crippen LogP contribution in [-0.4, -0.2) is 40.2 Å². The van der Waals surface area contributed by atoms with E-state index in [0.717, 1.165) is 24.1 Å². The fraction of sp³-hybridized carbons (Fsp3) is 0.364. The third-order valence-electron chi connectivity index (χ3n) is 5.77. The molecule has 2 aromatic carbocycles. The van der Waals surface area contributed by atoms with E-state index in [9.17, 15) is 17.6 Å². The molecule has 2 heterocycles. The maximum absolute atomic E-state index is 13.2. The van der Waals surface area contributed by atoms with Crippen LogP contribution in [0.5, 0.6) is 0 Å². The Morgan fingerprint density at radius 1 is 1.03 bits per heavy atom. The molecule has 0 aliphatic carbocycles. The highest BCUT2D eigenvalue weighted by molar-refractivity contribution is 7.89. The van der Waals surface area contributed by atoms with Crippen LogP contribution in [0.1, 0.15) is 30.1 Å². The average Bonchev–Trinajstić information content (AvgIpc) is 3.07. The van der Waals surface area contributed by atoms with Gasteiger partial charge in [-0.05, 0) is 49.1 Å². The Morgan fingerprint density at radius 2 is 1.68 bits per heavy atom. The zero-order valence-corrected chi connectivity index (χ0v) is 18.1. The molecule has 0 unspecified atom stereocenters. The van der Waals surface area contributed by atoms with Crippen LogP contribution < -0.4 is 5.69 Å². The van der Waals surface area contributed by atoms with Crippen molar-refractivity contribution in [2.75, 3.05) is 13.1 Å². The van der Waals surface area contributed by atoms with Crippen molar-refractivity contribution in [3.8, 4) is 0 Å². The largest absolute Gasteiger partial charge is 0.345 e. The van der Waals surface area contributed by atoms with Crippen LogP contribution in [-0.2, 0) is 30.0 Å². The van der Waals surface area contributed by atoms with Crippen molar-refractivity contribution in [3.05, 3.63) is 82.3 Å². The second kappa shape index (κ2) is 8.76. The molecule has 0 amide bonds. The third kappa shape index (κ3) is 4.47. The molecule has 0 spiro atoms. The van der Waals surface area contributed by atoms with Gasteiger partial charge < -0.3 is 0 Å².